The van der Waals surface area contributed by atoms with Gasteiger partial charge < -0.3 is 15.5 Å². The number of hydrogen-bond donors (Lipinski definition) is 2. The molecule has 0 aromatic carbocycles. The van der Waals surface area contributed by atoms with Crippen LogP contribution >= 0.6 is 0 Å². The molecule has 1 aliphatic heterocycles. The summed E-state index contributed by atoms with van der Waals surface area (Å²) in [6, 6.07) is 0.270. The van der Waals surface area contributed by atoms with Gasteiger partial charge in [-0.25, -0.2) is 19.9 Å². The van der Waals surface area contributed by atoms with Gasteiger partial charge in [0.15, 0.2) is 0 Å². The van der Waals surface area contributed by atoms with Crippen LogP contribution in [0, 0.1) is 20.8 Å². The number of amides is 1. The highest BCUT2D eigenvalue weighted by Crippen LogP contribution is 2.25. The Morgan fingerprint density at radius 3 is 2.80 bits per heavy atom. The summed E-state index contributed by atoms with van der Waals surface area (Å²) in [5.41, 5.74) is 2.86. The fourth-order valence-electron chi connectivity index (χ4n) is 2.95. The lowest BCUT2D eigenvalue weighted by Gasteiger charge is -2.21. The van der Waals surface area contributed by atoms with Gasteiger partial charge in [-0.1, -0.05) is 0 Å². The van der Waals surface area contributed by atoms with Crippen LogP contribution in [0.5, 0.6) is 0 Å². The Morgan fingerprint density at radius 1 is 1.28 bits per heavy atom. The van der Waals surface area contributed by atoms with Gasteiger partial charge in [0.25, 0.3) is 5.91 Å². The smallest absolute Gasteiger partial charge is 0.288 e. The lowest BCUT2D eigenvalue weighted by Crippen LogP contribution is -2.29. The maximum atomic E-state index is 11.9. The molecule has 0 unspecified atom stereocenters. The van der Waals surface area contributed by atoms with Gasteiger partial charge in [-0.2, -0.15) is 0 Å². The van der Waals surface area contributed by atoms with Crippen LogP contribution in [0.3, 0.4) is 0 Å². The van der Waals surface area contributed by atoms with Gasteiger partial charge in [-0.05, 0) is 27.2 Å². The summed E-state index contributed by atoms with van der Waals surface area (Å²) in [5, 5.41) is 6.06. The van der Waals surface area contributed by atoms with Crippen LogP contribution in [0.2, 0.25) is 0 Å². The number of rotatable bonds is 4. The largest absolute Gasteiger partial charge is 0.365 e. The van der Waals surface area contributed by atoms with E-state index in [9.17, 15) is 4.79 Å². The summed E-state index contributed by atoms with van der Waals surface area (Å²) in [4.78, 5) is 31.2. The quantitative estimate of drug-likeness (QED) is 0.864. The number of nitrogens with one attached hydrogen (secondary N) is 2. The molecule has 3 heterocycles. The highest BCUT2D eigenvalue weighted by atomic mass is 16.2. The average molecular weight is 341 g/mol. The predicted octanol–water partition coefficient (Wildman–Crippen LogP) is 1.24. The van der Waals surface area contributed by atoms with Crippen molar-refractivity contribution in [1.29, 1.82) is 0 Å². The Balaban J connectivity index is 1.79. The van der Waals surface area contributed by atoms with E-state index < -0.39 is 0 Å². The Hall–Kier alpha value is -2.77. The summed E-state index contributed by atoms with van der Waals surface area (Å²) >= 11 is 0. The second kappa shape index (κ2) is 7.00. The molecule has 2 N–H and O–H groups in total. The van der Waals surface area contributed by atoms with E-state index in [2.05, 4.69) is 35.5 Å². The lowest BCUT2D eigenvalue weighted by atomic mass is 10.2. The molecule has 1 aliphatic rings. The van der Waals surface area contributed by atoms with Crippen LogP contribution in [0.25, 0.3) is 0 Å². The minimum atomic E-state index is -0.269. The fraction of sp³-hybridized carbons (Fsp3) is 0.471. The Bertz CT molecular complexity index is 793. The minimum absolute atomic E-state index is 0.212. The highest BCUT2D eigenvalue weighted by molar-refractivity contribution is 5.90. The molecule has 0 spiro atoms. The Labute approximate surface area is 147 Å². The van der Waals surface area contributed by atoms with Gasteiger partial charge in [0.05, 0.1) is 0 Å². The number of nitrogens with zero attached hydrogens (tertiary/aromatic N) is 5. The maximum absolute atomic E-state index is 11.9. The number of carbonyl (C=O) groups excluding carboxylic acids is 1. The van der Waals surface area contributed by atoms with Crippen LogP contribution in [0.1, 0.15) is 33.9 Å². The molecule has 0 aliphatic carbocycles. The molecule has 0 radical (unpaired) electrons. The zero-order chi connectivity index (χ0) is 18.0. The monoisotopic (exact) mass is 341 g/mol. The van der Waals surface area contributed by atoms with Gasteiger partial charge in [-0.3, -0.25) is 4.79 Å². The third-order valence-corrected chi connectivity index (χ3v) is 4.52. The molecule has 8 nitrogen and oxygen atoms in total. The molecule has 25 heavy (non-hydrogen) atoms. The molecule has 132 valence electrons. The molecule has 0 saturated carbocycles. The topological polar surface area (TPSA) is 95.9 Å². The maximum Gasteiger partial charge on any atom is 0.288 e. The van der Waals surface area contributed by atoms with Crippen LogP contribution in [-0.4, -0.2) is 52.0 Å². The molecule has 1 atom stereocenters. The Kier molecular flexibility index (Phi) is 4.78. The molecule has 1 amide bonds. The zero-order valence-electron chi connectivity index (χ0n) is 15.0. The fourth-order valence-corrected chi connectivity index (χ4v) is 2.95. The van der Waals surface area contributed by atoms with Crippen LogP contribution < -0.4 is 15.5 Å². The van der Waals surface area contributed by atoms with Gasteiger partial charge >= 0.3 is 0 Å². The molecule has 8 heteroatoms. The van der Waals surface area contributed by atoms with E-state index >= 15 is 0 Å². The average Bonchev–Trinajstić information content (AvgIpc) is 3.07. The van der Waals surface area contributed by atoms with E-state index in [0.717, 1.165) is 48.0 Å². The van der Waals surface area contributed by atoms with Crippen molar-refractivity contribution >= 4 is 17.5 Å². The van der Waals surface area contributed by atoms with E-state index in [0.29, 0.717) is 0 Å². The van der Waals surface area contributed by atoms with Crippen LogP contribution in [-0.2, 0) is 0 Å². The number of carbonyl (C=O) groups is 1. The van der Waals surface area contributed by atoms with E-state index in [1.54, 1.807) is 19.6 Å². The molecule has 1 saturated heterocycles. The van der Waals surface area contributed by atoms with E-state index in [1.807, 2.05) is 20.8 Å². The summed E-state index contributed by atoms with van der Waals surface area (Å²) in [7, 11) is 1.58. The Morgan fingerprint density at radius 2 is 2.08 bits per heavy atom. The van der Waals surface area contributed by atoms with Crippen molar-refractivity contribution in [3.63, 3.8) is 0 Å². The number of hydrogen-bond acceptors (Lipinski definition) is 7. The van der Waals surface area contributed by atoms with Crippen molar-refractivity contribution in [2.24, 2.45) is 0 Å². The standard InChI is InChI=1S/C17H23N7O/c1-10-7-19-9-20-14(10)22-13-5-6-24(8-13)16-11(2)12(3)21-15(23-16)17(25)18-4/h7,9,13H,5-6,8H2,1-4H3,(H,18,25)(H,19,20,22)/t13-/m1/s1. The van der Waals surface area contributed by atoms with E-state index in [1.165, 1.54) is 0 Å². The third kappa shape index (κ3) is 3.52. The normalized spacial score (nSPS) is 16.8. The summed E-state index contributed by atoms with van der Waals surface area (Å²) in [5.74, 6) is 1.64. The number of aromatic nitrogens is 4. The third-order valence-electron chi connectivity index (χ3n) is 4.52. The van der Waals surface area contributed by atoms with Crippen molar-refractivity contribution < 1.29 is 4.79 Å². The summed E-state index contributed by atoms with van der Waals surface area (Å²) < 4.78 is 0. The molecule has 1 fully saturated rings. The van der Waals surface area contributed by atoms with Crippen LogP contribution in [0.4, 0.5) is 11.6 Å². The first kappa shape index (κ1) is 17.1. The predicted molar refractivity (Wildman–Crippen MR) is 95.9 cm³/mol. The van der Waals surface area contributed by atoms with Crippen molar-refractivity contribution in [1.82, 2.24) is 25.3 Å². The molecular formula is C17H23N7O. The van der Waals surface area contributed by atoms with Crippen molar-refractivity contribution in [3.8, 4) is 0 Å². The van der Waals surface area contributed by atoms with E-state index in [4.69, 9.17) is 0 Å². The summed E-state index contributed by atoms with van der Waals surface area (Å²) in [6.45, 7) is 7.56. The van der Waals surface area contributed by atoms with Crippen molar-refractivity contribution in [2.75, 3.05) is 30.4 Å². The van der Waals surface area contributed by atoms with E-state index in [-0.39, 0.29) is 17.8 Å². The second-order valence-electron chi connectivity index (χ2n) is 6.29. The minimum Gasteiger partial charge on any atom is -0.365 e. The zero-order valence-corrected chi connectivity index (χ0v) is 15.0. The molecular weight excluding hydrogens is 318 g/mol. The number of aryl methyl sites for hydroxylation is 2. The van der Waals surface area contributed by atoms with Gasteiger partial charge in [0.2, 0.25) is 5.82 Å². The first-order chi connectivity index (χ1) is 12.0. The van der Waals surface area contributed by atoms with Crippen LogP contribution in [0.15, 0.2) is 12.5 Å². The molecule has 3 rings (SSSR count). The van der Waals surface area contributed by atoms with Crippen molar-refractivity contribution in [2.45, 2.75) is 33.2 Å². The second-order valence-corrected chi connectivity index (χ2v) is 6.29. The molecule has 0 bridgehead atoms. The van der Waals surface area contributed by atoms with Gasteiger partial charge in [-0.15, -0.1) is 0 Å². The molecule has 2 aromatic heterocycles. The number of anilines is 2. The SMILES string of the molecule is CNC(=O)c1nc(C)c(C)c(N2CC[C@@H](Nc3ncncc3C)C2)n1. The van der Waals surface area contributed by atoms with Gasteiger partial charge in [0, 0.05) is 49.2 Å². The lowest BCUT2D eigenvalue weighted by molar-refractivity contribution is 0.0952. The van der Waals surface area contributed by atoms with Gasteiger partial charge in [0.1, 0.15) is 18.0 Å². The summed E-state index contributed by atoms with van der Waals surface area (Å²) in [6.07, 6.45) is 4.33. The first-order valence-corrected chi connectivity index (χ1v) is 8.35. The first-order valence-electron chi connectivity index (χ1n) is 8.35. The molecule has 2 aromatic rings. The van der Waals surface area contributed by atoms with Crippen molar-refractivity contribution in [3.05, 3.63) is 35.2 Å². The highest BCUT2D eigenvalue weighted by Gasteiger charge is 2.27.